The quantitative estimate of drug-likeness (QED) is 0.579. The van der Waals surface area contributed by atoms with Crippen LogP contribution in [0.5, 0.6) is 5.75 Å². The van der Waals surface area contributed by atoms with Gasteiger partial charge in [0.15, 0.2) is 0 Å². The van der Waals surface area contributed by atoms with Gasteiger partial charge < -0.3 is 19.9 Å². The molecule has 0 aliphatic rings. The second-order valence-corrected chi connectivity index (χ2v) is 6.49. The molecule has 140 valence electrons. The van der Waals surface area contributed by atoms with Crippen molar-refractivity contribution in [2.45, 2.75) is 25.8 Å². The van der Waals surface area contributed by atoms with Gasteiger partial charge >= 0.3 is 5.63 Å². The maximum Gasteiger partial charge on any atom is 0.340 e. The first-order valence-electron chi connectivity index (χ1n) is 8.67. The first kappa shape index (κ1) is 18.7. The summed E-state index contributed by atoms with van der Waals surface area (Å²) in [5.74, 6) is -0.360. The van der Waals surface area contributed by atoms with Crippen LogP contribution in [0.3, 0.4) is 0 Å². The highest BCUT2D eigenvalue weighted by atomic mass is 16.4. The summed E-state index contributed by atoms with van der Waals surface area (Å²) in [6.45, 7) is 1.54. The molecule has 3 N–H and O–H groups in total. The predicted molar refractivity (Wildman–Crippen MR) is 102 cm³/mol. The van der Waals surface area contributed by atoms with Crippen LogP contribution in [0.1, 0.15) is 16.7 Å². The van der Waals surface area contributed by atoms with E-state index in [9.17, 15) is 19.8 Å². The number of nitrogens with one attached hydrogen (secondary N) is 1. The molecule has 1 amide bonds. The Morgan fingerprint density at radius 3 is 2.63 bits per heavy atom. The lowest BCUT2D eigenvalue weighted by atomic mass is 10.0. The predicted octanol–water partition coefficient (Wildman–Crippen LogP) is 2.07. The van der Waals surface area contributed by atoms with Gasteiger partial charge in [-0.1, -0.05) is 30.3 Å². The number of benzene rings is 2. The van der Waals surface area contributed by atoms with Crippen molar-refractivity contribution < 1.29 is 19.4 Å². The van der Waals surface area contributed by atoms with E-state index in [0.29, 0.717) is 17.4 Å². The van der Waals surface area contributed by atoms with Crippen LogP contribution in [0.2, 0.25) is 0 Å². The summed E-state index contributed by atoms with van der Waals surface area (Å²) in [6, 6.07) is 13.6. The molecule has 1 heterocycles. The minimum absolute atomic E-state index is 0.00208. The molecule has 6 heteroatoms. The summed E-state index contributed by atoms with van der Waals surface area (Å²) in [5.41, 5.74) is 1.57. The fraction of sp³-hybridized carbons (Fsp3) is 0.238. The van der Waals surface area contributed by atoms with Gasteiger partial charge in [0.1, 0.15) is 11.3 Å². The summed E-state index contributed by atoms with van der Waals surface area (Å²) in [4.78, 5) is 24.7. The Morgan fingerprint density at radius 1 is 1.19 bits per heavy atom. The van der Waals surface area contributed by atoms with Crippen molar-refractivity contribution in [1.82, 2.24) is 5.32 Å². The number of phenols is 1. The lowest BCUT2D eigenvalue weighted by Crippen LogP contribution is -2.40. The molecule has 0 aliphatic heterocycles. The van der Waals surface area contributed by atoms with E-state index in [1.54, 1.807) is 13.0 Å². The maximum absolute atomic E-state index is 12.4. The van der Waals surface area contributed by atoms with Crippen LogP contribution in [0.25, 0.3) is 11.0 Å². The van der Waals surface area contributed by atoms with Crippen molar-refractivity contribution in [3.05, 3.63) is 75.6 Å². The zero-order valence-electron chi connectivity index (χ0n) is 14.9. The van der Waals surface area contributed by atoms with Gasteiger partial charge in [0.25, 0.3) is 0 Å². The molecule has 0 saturated carbocycles. The molecule has 6 nitrogen and oxygen atoms in total. The van der Waals surface area contributed by atoms with Gasteiger partial charge in [-0.05, 0) is 36.6 Å². The van der Waals surface area contributed by atoms with Crippen LogP contribution in [-0.2, 0) is 17.6 Å². The van der Waals surface area contributed by atoms with E-state index in [1.807, 2.05) is 30.3 Å². The zero-order valence-corrected chi connectivity index (χ0v) is 14.9. The molecule has 0 fully saturated rings. The molecule has 1 unspecified atom stereocenters. The largest absolute Gasteiger partial charge is 0.508 e. The first-order valence-corrected chi connectivity index (χ1v) is 8.67. The average Bonchev–Trinajstić information content (AvgIpc) is 2.65. The lowest BCUT2D eigenvalue weighted by molar-refractivity contribution is -0.121. The van der Waals surface area contributed by atoms with E-state index in [4.69, 9.17) is 4.42 Å². The number of aliphatic hydroxyl groups is 1. The molecule has 0 radical (unpaired) electrons. The van der Waals surface area contributed by atoms with Gasteiger partial charge in [-0.25, -0.2) is 4.79 Å². The topological polar surface area (TPSA) is 99.8 Å². The van der Waals surface area contributed by atoms with Crippen molar-refractivity contribution in [2.75, 3.05) is 6.61 Å². The second-order valence-electron chi connectivity index (χ2n) is 6.49. The van der Waals surface area contributed by atoms with Crippen molar-refractivity contribution in [2.24, 2.45) is 0 Å². The Morgan fingerprint density at radius 2 is 1.93 bits per heavy atom. The Hall–Kier alpha value is -3.12. The number of rotatable bonds is 6. The average molecular weight is 367 g/mol. The lowest BCUT2D eigenvalue weighted by Gasteiger charge is -2.17. The first-order chi connectivity index (χ1) is 13.0. The molecule has 3 rings (SSSR count). The SMILES string of the molecule is Cc1c(CC(=O)NC(CO)Cc2ccccc2)c(=O)oc2cc(O)ccc12. The summed E-state index contributed by atoms with van der Waals surface area (Å²) in [6.07, 6.45) is 0.351. The van der Waals surface area contributed by atoms with Crippen LogP contribution in [0, 0.1) is 6.92 Å². The highest BCUT2D eigenvalue weighted by Crippen LogP contribution is 2.23. The number of aromatic hydroxyl groups is 1. The Labute approximate surface area is 156 Å². The summed E-state index contributed by atoms with van der Waals surface area (Å²) in [5, 5.41) is 22.5. The van der Waals surface area contributed by atoms with Crippen molar-refractivity contribution in [1.29, 1.82) is 0 Å². The Kier molecular flexibility index (Phi) is 5.57. The monoisotopic (exact) mass is 367 g/mol. The number of carbonyl (C=O) groups is 1. The minimum Gasteiger partial charge on any atom is -0.508 e. The van der Waals surface area contributed by atoms with Gasteiger partial charge in [0.2, 0.25) is 5.91 Å². The fourth-order valence-electron chi connectivity index (χ4n) is 3.09. The van der Waals surface area contributed by atoms with Crippen LogP contribution >= 0.6 is 0 Å². The van der Waals surface area contributed by atoms with E-state index >= 15 is 0 Å². The number of hydrogen-bond donors (Lipinski definition) is 3. The van der Waals surface area contributed by atoms with Gasteiger partial charge in [-0.2, -0.15) is 0 Å². The number of fused-ring (bicyclic) bond motifs is 1. The molecular weight excluding hydrogens is 346 g/mol. The summed E-state index contributed by atoms with van der Waals surface area (Å²) >= 11 is 0. The molecule has 3 aromatic rings. The van der Waals surface area contributed by atoms with E-state index < -0.39 is 11.7 Å². The number of hydrogen-bond acceptors (Lipinski definition) is 5. The van der Waals surface area contributed by atoms with Crippen molar-refractivity contribution in [3.63, 3.8) is 0 Å². The Balaban J connectivity index is 1.77. The fourth-order valence-corrected chi connectivity index (χ4v) is 3.09. The van der Waals surface area contributed by atoms with Crippen LogP contribution in [-0.4, -0.2) is 28.8 Å². The Bertz CT molecular complexity index is 1010. The number of carbonyl (C=O) groups excluding carboxylic acids is 1. The number of amides is 1. The molecule has 0 spiro atoms. The van der Waals surface area contributed by atoms with Gasteiger partial charge in [0.05, 0.1) is 24.6 Å². The molecule has 2 aromatic carbocycles. The van der Waals surface area contributed by atoms with Crippen LogP contribution < -0.4 is 10.9 Å². The van der Waals surface area contributed by atoms with E-state index in [0.717, 1.165) is 5.56 Å². The van der Waals surface area contributed by atoms with Crippen LogP contribution in [0.4, 0.5) is 0 Å². The minimum atomic E-state index is -0.607. The van der Waals surface area contributed by atoms with E-state index in [-0.39, 0.29) is 35.8 Å². The smallest absolute Gasteiger partial charge is 0.340 e. The highest BCUT2D eigenvalue weighted by molar-refractivity contribution is 5.85. The molecule has 0 bridgehead atoms. The number of aliphatic hydroxyl groups excluding tert-OH is 1. The summed E-state index contributed by atoms with van der Waals surface area (Å²) in [7, 11) is 0. The number of aryl methyl sites for hydroxylation is 1. The van der Waals surface area contributed by atoms with Crippen molar-refractivity contribution in [3.8, 4) is 5.75 Å². The maximum atomic E-state index is 12.4. The molecule has 0 aliphatic carbocycles. The van der Waals surface area contributed by atoms with Gasteiger partial charge in [0, 0.05) is 11.5 Å². The number of phenolic OH excluding ortho intramolecular Hbond substituents is 1. The third kappa shape index (κ3) is 4.35. The van der Waals surface area contributed by atoms with Crippen LogP contribution in [0.15, 0.2) is 57.7 Å². The molecule has 27 heavy (non-hydrogen) atoms. The molecule has 0 saturated heterocycles. The third-order valence-electron chi connectivity index (χ3n) is 4.52. The molecule has 1 aromatic heterocycles. The second kappa shape index (κ2) is 8.05. The normalized spacial score (nSPS) is 12.1. The van der Waals surface area contributed by atoms with E-state index in [1.165, 1.54) is 12.1 Å². The standard InChI is InChI=1S/C21H21NO5/c1-13-17-8-7-16(24)10-19(17)27-21(26)18(13)11-20(25)22-15(12-23)9-14-5-3-2-4-6-14/h2-8,10,15,23-24H,9,11-12H2,1H3,(H,22,25). The third-order valence-corrected chi connectivity index (χ3v) is 4.52. The highest BCUT2D eigenvalue weighted by Gasteiger charge is 2.18. The molecule has 1 atom stereocenters. The van der Waals surface area contributed by atoms with E-state index in [2.05, 4.69) is 5.32 Å². The molecular formula is C21H21NO5. The van der Waals surface area contributed by atoms with Crippen molar-refractivity contribution >= 4 is 16.9 Å². The zero-order chi connectivity index (χ0) is 19.4. The summed E-state index contributed by atoms with van der Waals surface area (Å²) < 4.78 is 5.24. The van der Waals surface area contributed by atoms with Gasteiger partial charge in [-0.15, -0.1) is 0 Å². The van der Waals surface area contributed by atoms with Gasteiger partial charge in [-0.3, -0.25) is 4.79 Å².